The van der Waals surface area contributed by atoms with E-state index in [9.17, 15) is 4.39 Å². The van der Waals surface area contributed by atoms with Crippen LogP contribution in [0.1, 0.15) is 18.9 Å². The Labute approximate surface area is 116 Å². The zero-order valence-electron chi connectivity index (χ0n) is 10.5. The fraction of sp³-hybridized carbons (Fsp3) is 0.538. The lowest BCUT2D eigenvalue weighted by Crippen LogP contribution is -2.32. The van der Waals surface area contributed by atoms with E-state index in [-0.39, 0.29) is 5.82 Å². The largest absolute Gasteiger partial charge is 0.298 e. The molecule has 0 fully saturated rings. The molecule has 1 aromatic rings. The summed E-state index contributed by atoms with van der Waals surface area (Å²) < 4.78 is 13.8. The molecule has 0 N–H and O–H groups in total. The van der Waals surface area contributed by atoms with Gasteiger partial charge in [-0.1, -0.05) is 28.9 Å². The highest BCUT2D eigenvalue weighted by molar-refractivity contribution is 9.10. The SMILES string of the molecule is CCC(CSC)N(C)Cc1ccc(F)cc1Br. The second-order valence-corrected chi connectivity index (χ2v) is 5.93. The smallest absolute Gasteiger partial charge is 0.124 e. The van der Waals surface area contributed by atoms with E-state index in [2.05, 4.69) is 41.1 Å². The molecule has 1 rings (SSSR count). The van der Waals surface area contributed by atoms with Gasteiger partial charge in [0.25, 0.3) is 0 Å². The number of nitrogens with zero attached hydrogens (tertiary/aromatic N) is 1. The molecule has 4 heteroatoms. The van der Waals surface area contributed by atoms with Crippen molar-refractivity contribution >= 4 is 27.7 Å². The normalized spacial score (nSPS) is 13.1. The summed E-state index contributed by atoms with van der Waals surface area (Å²) in [5.74, 6) is 0.936. The van der Waals surface area contributed by atoms with Gasteiger partial charge in [-0.15, -0.1) is 0 Å². The quantitative estimate of drug-likeness (QED) is 0.774. The molecular weight excluding hydrogens is 301 g/mol. The van der Waals surface area contributed by atoms with Crippen molar-refractivity contribution in [2.24, 2.45) is 0 Å². The van der Waals surface area contributed by atoms with Gasteiger partial charge in [-0.2, -0.15) is 11.8 Å². The summed E-state index contributed by atoms with van der Waals surface area (Å²) in [6, 6.07) is 5.46. The third kappa shape index (κ3) is 4.60. The van der Waals surface area contributed by atoms with Crippen molar-refractivity contribution in [2.75, 3.05) is 19.1 Å². The summed E-state index contributed by atoms with van der Waals surface area (Å²) in [4.78, 5) is 2.33. The number of hydrogen-bond acceptors (Lipinski definition) is 2. The maximum Gasteiger partial charge on any atom is 0.124 e. The van der Waals surface area contributed by atoms with Gasteiger partial charge in [-0.25, -0.2) is 4.39 Å². The molecule has 0 aromatic heterocycles. The highest BCUT2D eigenvalue weighted by atomic mass is 79.9. The predicted octanol–water partition coefficient (Wildman–Crippen LogP) is 4.16. The van der Waals surface area contributed by atoms with Crippen LogP contribution in [0.4, 0.5) is 4.39 Å². The molecule has 0 aliphatic carbocycles. The van der Waals surface area contributed by atoms with Crippen LogP contribution in [-0.4, -0.2) is 30.0 Å². The molecule has 0 heterocycles. The van der Waals surface area contributed by atoms with Gasteiger partial charge in [0.15, 0.2) is 0 Å². The molecule has 1 aromatic carbocycles. The monoisotopic (exact) mass is 319 g/mol. The van der Waals surface area contributed by atoms with Crippen LogP contribution >= 0.6 is 27.7 Å². The van der Waals surface area contributed by atoms with E-state index in [0.29, 0.717) is 6.04 Å². The van der Waals surface area contributed by atoms with E-state index < -0.39 is 0 Å². The Morgan fingerprint density at radius 2 is 2.18 bits per heavy atom. The molecule has 0 aliphatic heterocycles. The summed E-state index contributed by atoms with van der Waals surface area (Å²) in [6.45, 7) is 3.05. The topological polar surface area (TPSA) is 3.24 Å². The molecule has 1 unspecified atom stereocenters. The third-order valence-corrected chi connectivity index (χ3v) is 4.34. The second kappa shape index (κ2) is 7.39. The molecule has 0 aliphatic rings. The summed E-state index contributed by atoms with van der Waals surface area (Å²) in [5, 5.41) is 0. The van der Waals surface area contributed by atoms with Crippen LogP contribution in [0, 0.1) is 5.82 Å². The molecular formula is C13H19BrFNS. The lowest BCUT2D eigenvalue weighted by Gasteiger charge is -2.27. The standard InChI is InChI=1S/C13H19BrFNS/c1-4-12(9-17-3)16(2)8-10-5-6-11(15)7-13(10)14/h5-7,12H,4,8-9H2,1-3H3. The van der Waals surface area contributed by atoms with Gasteiger partial charge < -0.3 is 0 Å². The zero-order valence-corrected chi connectivity index (χ0v) is 12.9. The summed E-state index contributed by atoms with van der Waals surface area (Å²) in [6.07, 6.45) is 3.26. The van der Waals surface area contributed by atoms with Crippen LogP contribution in [-0.2, 0) is 6.54 Å². The van der Waals surface area contributed by atoms with E-state index in [1.807, 2.05) is 17.8 Å². The predicted molar refractivity (Wildman–Crippen MR) is 78.0 cm³/mol. The van der Waals surface area contributed by atoms with E-state index in [0.717, 1.165) is 28.8 Å². The Balaban J connectivity index is 2.69. The van der Waals surface area contributed by atoms with Gasteiger partial charge in [-0.05, 0) is 37.4 Å². The van der Waals surface area contributed by atoms with Crippen LogP contribution in [0.3, 0.4) is 0 Å². The second-order valence-electron chi connectivity index (χ2n) is 4.17. The number of thioether (sulfide) groups is 1. The molecule has 17 heavy (non-hydrogen) atoms. The van der Waals surface area contributed by atoms with E-state index in [1.54, 1.807) is 0 Å². The zero-order chi connectivity index (χ0) is 12.8. The van der Waals surface area contributed by atoms with E-state index in [4.69, 9.17) is 0 Å². The van der Waals surface area contributed by atoms with Crippen LogP contribution in [0.2, 0.25) is 0 Å². The molecule has 1 nitrogen and oxygen atoms in total. The Kier molecular flexibility index (Phi) is 6.52. The molecule has 0 bridgehead atoms. The molecule has 96 valence electrons. The van der Waals surface area contributed by atoms with Crippen LogP contribution < -0.4 is 0 Å². The number of rotatable bonds is 6. The van der Waals surface area contributed by atoms with Crippen molar-refractivity contribution in [1.82, 2.24) is 4.90 Å². The summed E-state index contributed by atoms with van der Waals surface area (Å²) >= 11 is 5.28. The first-order valence-corrected chi connectivity index (χ1v) is 7.90. The first-order chi connectivity index (χ1) is 8.08. The Hall–Kier alpha value is -0.0600. The van der Waals surface area contributed by atoms with Crippen LogP contribution in [0.25, 0.3) is 0 Å². The molecule has 0 spiro atoms. The summed E-state index contributed by atoms with van der Waals surface area (Å²) in [7, 11) is 2.13. The van der Waals surface area contributed by atoms with Gasteiger partial charge in [0.1, 0.15) is 5.82 Å². The number of halogens is 2. The maximum atomic E-state index is 13.0. The molecule has 0 saturated heterocycles. The average molecular weight is 320 g/mol. The maximum absolute atomic E-state index is 13.0. The molecule has 0 amide bonds. The van der Waals surface area contributed by atoms with Crippen molar-refractivity contribution < 1.29 is 4.39 Å². The lowest BCUT2D eigenvalue weighted by molar-refractivity contribution is 0.247. The van der Waals surface area contributed by atoms with Gasteiger partial charge in [0.2, 0.25) is 0 Å². The minimum Gasteiger partial charge on any atom is -0.298 e. The number of hydrogen-bond donors (Lipinski definition) is 0. The fourth-order valence-corrected chi connectivity index (χ4v) is 3.15. The average Bonchev–Trinajstić information content (AvgIpc) is 2.29. The Morgan fingerprint density at radius 3 is 2.71 bits per heavy atom. The van der Waals surface area contributed by atoms with Gasteiger partial charge in [-0.3, -0.25) is 4.90 Å². The van der Waals surface area contributed by atoms with Crippen molar-refractivity contribution in [3.05, 3.63) is 34.1 Å². The fourth-order valence-electron chi connectivity index (χ4n) is 1.80. The van der Waals surface area contributed by atoms with Crippen LogP contribution in [0.5, 0.6) is 0 Å². The first kappa shape index (κ1) is 15.0. The van der Waals surface area contributed by atoms with Crippen molar-refractivity contribution in [3.63, 3.8) is 0 Å². The third-order valence-electron chi connectivity index (χ3n) is 2.89. The highest BCUT2D eigenvalue weighted by Crippen LogP contribution is 2.21. The summed E-state index contributed by atoms with van der Waals surface area (Å²) in [5.41, 5.74) is 1.13. The molecule has 0 radical (unpaired) electrons. The lowest BCUT2D eigenvalue weighted by atomic mass is 10.1. The minimum absolute atomic E-state index is 0.195. The molecule has 1 atom stereocenters. The van der Waals surface area contributed by atoms with Crippen LogP contribution in [0.15, 0.2) is 22.7 Å². The van der Waals surface area contributed by atoms with Gasteiger partial charge in [0, 0.05) is 22.8 Å². The van der Waals surface area contributed by atoms with E-state index >= 15 is 0 Å². The Bertz CT molecular complexity index is 359. The number of benzene rings is 1. The van der Waals surface area contributed by atoms with E-state index in [1.165, 1.54) is 12.1 Å². The molecule has 0 saturated carbocycles. The van der Waals surface area contributed by atoms with Crippen molar-refractivity contribution in [1.29, 1.82) is 0 Å². The minimum atomic E-state index is -0.195. The van der Waals surface area contributed by atoms with Crippen molar-refractivity contribution in [3.8, 4) is 0 Å². The Morgan fingerprint density at radius 1 is 1.47 bits per heavy atom. The highest BCUT2D eigenvalue weighted by Gasteiger charge is 2.13. The first-order valence-electron chi connectivity index (χ1n) is 5.71. The van der Waals surface area contributed by atoms with Gasteiger partial charge in [0.05, 0.1) is 0 Å². The van der Waals surface area contributed by atoms with Crippen molar-refractivity contribution in [2.45, 2.75) is 25.9 Å². The van der Waals surface area contributed by atoms with Gasteiger partial charge >= 0.3 is 0 Å².